The van der Waals surface area contributed by atoms with Crippen LogP contribution < -0.4 is 9.80 Å². The SMILES string of the molecule is [2H]c1c([2H])c([2H])c(N(c2cc(C)c(F)c(C)c2)c2ccc3ccc4c(N(c5cc(C)c(F)c(C)c5)c5c([2H])c([2H])c([2H])c([2H])c5[2H])ccc5ccc2c3c54)c([2H])c1[2H]. The molecule has 0 bridgehead atoms. The van der Waals surface area contributed by atoms with Crippen molar-refractivity contribution in [2.24, 2.45) is 0 Å². The van der Waals surface area contributed by atoms with E-state index in [2.05, 4.69) is 0 Å². The number of halogens is 2. The number of hydrogen-bond donors (Lipinski definition) is 0. The summed E-state index contributed by atoms with van der Waals surface area (Å²) in [5, 5.41) is 4.31. The molecule has 8 aromatic rings. The Labute approximate surface area is 293 Å². The Morgan fingerprint density at radius 2 is 0.771 bits per heavy atom. The number of para-hydroxylation sites is 2. The highest BCUT2D eigenvalue weighted by molar-refractivity contribution is 6.28. The molecule has 48 heavy (non-hydrogen) atoms. The Morgan fingerprint density at radius 3 is 1.12 bits per heavy atom. The Morgan fingerprint density at radius 1 is 0.438 bits per heavy atom. The molecule has 0 aromatic heterocycles. The van der Waals surface area contributed by atoms with Crippen molar-refractivity contribution in [3.63, 3.8) is 0 Å². The fraction of sp³-hybridized carbons (Fsp3) is 0.0909. The van der Waals surface area contributed by atoms with E-state index in [1.807, 2.05) is 36.4 Å². The van der Waals surface area contributed by atoms with Crippen LogP contribution in [-0.4, -0.2) is 0 Å². The highest BCUT2D eigenvalue weighted by atomic mass is 19.1. The second-order valence-corrected chi connectivity index (χ2v) is 12.0. The molecule has 0 spiro atoms. The van der Waals surface area contributed by atoms with Gasteiger partial charge in [0.15, 0.2) is 0 Å². The summed E-state index contributed by atoms with van der Waals surface area (Å²) in [5.74, 6) is -0.856. The lowest BCUT2D eigenvalue weighted by Gasteiger charge is -2.30. The first-order valence-corrected chi connectivity index (χ1v) is 15.4. The Hall–Kier alpha value is -5.74. The maximum Gasteiger partial charge on any atom is 0.129 e. The summed E-state index contributed by atoms with van der Waals surface area (Å²) < 4.78 is 117. The van der Waals surface area contributed by atoms with E-state index in [1.165, 1.54) is 0 Å². The van der Waals surface area contributed by atoms with Gasteiger partial charge in [-0.15, -0.1) is 0 Å². The predicted molar refractivity (Wildman–Crippen MR) is 198 cm³/mol. The zero-order valence-corrected chi connectivity index (χ0v) is 26.6. The van der Waals surface area contributed by atoms with Crippen LogP contribution in [0.5, 0.6) is 0 Å². The third-order valence-electron chi connectivity index (χ3n) is 8.88. The molecular weight excluding hydrogens is 594 g/mol. The number of nitrogens with zero attached hydrogens (tertiary/aromatic N) is 2. The molecule has 0 radical (unpaired) electrons. The topological polar surface area (TPSA) is 6.48 Å². The minimum Gasteiger partial charge on any atom is -0.310 e. The Bertz CT molecular complexity index is 2750. The number of aryl methyl sites for hydroxylation is 4. The molecule has 8 aromatic carbocycles. The van der Waals surface area contributed by atoms with Crippen LogP contribution in [0.3, 0.4) is 0 Å². The van der Waals surface area contributed by atoms with Crippen LogP contribution in [0.2, 0.25) is 0 Å². The van der Waals surface area contributed by atoms with Crippen molar-refractivity contribution < 1.29 is 22.5 Å². The molecule has 2 nitrogen and oxygen atoms in total. The maximum atomic E-state index is 15.1. The van der Waals surface area contributed by atoms with Gasteiger partial charge in [-0.3, -0.25) is 0 Å². The highest BCUT2D eigenvalue weighted by Crippen LogP contribution is 2.47. The summed E-state index contributed by atoms with van der Waals surface area (Å²) in [6.45, 7) is 6.40. The molecule has 0 aliphatic carbocycles. The largest absolute Gasteiger partial charge is 0.310 e. The van der Waals surface area contributed by atoms with Crippen molar-refractivity contribution in [1.82, 2.24) is 0 Å². The number of rotatable bonds is 6. The summed E-state index contributed by atoms with van der Waals surface area (Å²) in [7, 11) is 0. The van der Waals surface area contributed by atoms with Gasteiger partial charge in [-0.1, -0.05) is 72.7 Å². The molecule has 0 heterocycles. The van der Waals surface area contributed by atoms with E-state index in [1.54, 1.807) is 73.9 Å². The third-order valence-corrected chi connectivity index (χ3v) is 8.88. The Kier molecular flexibility index (Phi) is 4.91. The van der Waals surface area contributed by atoms with Crippen molar-refractivity contribution in [3.8, 4) is 0 Å². The lowest BCUT2D eigenvalue weighted by molar-refractivity contribution is 0.609. The van der Waals surface area contributed by atoms with Crippen molar-refractivity contribution in [3.05, 3.63) is 167 Å². The van der Waals surface area contributed by atoms with E-state index >= 15 is 8.78 Å². The van der Waals surface area contributed by atoms with Crippen LogP contribution in [0.25, 0.3) is 32.3 Å². The average Bonchev–Trinajstić information content (AvgIpc) is 3.21. The lowest BCUT2D eigenvalue weighted by Crippen LogP contribution is -2.12. The standard InChI is InChI=1S/C44H34F2N2/c1-27-23-35(24-28(2)43(27)45)47(33-11-7-5-8-12-33)39-21-17-31-16-20-38-40(22-18-32-15-19-37(39)41(31)42(32)38)48(34-13-9-6-10-14-34)36-25-29(3)44(46)30(4)26-36/h5-26H,1-4H3/i5D,6D,7D,8D,9D,10D,11D,12D,13D,14D. The molecule has 0 saturated carbocycles. The second kappa shape index (κ2) is 11.5. The zero-order valence-electron chi connectivity index (χ0n) is 36.6. The highest BCUT2D eigenvalue weighted by Gasteiger charge is 2.23. The molecule has 8 rings (SSSR count). The van der Waals surface area contributed by atoms with Crippen LogP contribution in [0.15, 0.2) is 133 Å². The molecule has 0 N–H and O–H groups in total. The van der Waals surface area contributed by atoms with Crippen molar-refractivity contribution in [1.29, 1.82) is 0 Å². The smallest absolute Gasteiger partial charge is 0.129 e. The Balaban J connectivity index is 1.49. The van der Waals surface area contributed by atoms with Gasteiger partial charge in [0.05, 0.1) is 25.1 Å². The van der Waals surface area contributed by atoms with E-state index in [4.69, 9.17) is 13.7 Å². The molecule has 0 aliphatic heterocycles. The second-order valence-electron chi connectivity index (χ2n) is 12.0. The summed E-state index contributed by atoms with van der Waals surface area (Å²) in [5.41, 5.74) is 2.60. The molecule has 234 valence electrons. The first kappa shape index (κ1) is 20.5. The molecule has 0 fully saturated rings. The zero-order chi connectivity index (χ0) is 41.8. The third kappa shape index (κ3) is 4.75. The van der Waals surface area contributed by atoms with Gasteiger partial charge in [0.1, 0.15) is 11.6 Å². The van der Waals surface area contributed by atoms with Crippen LogP contribution in [0, 0.1) is 39.3 Å². The van der Waals surface area contributed by atoms with Gasteiger partial charge in [-0.25, -0.2) is 8.78 Å². The molecule has 4 heteroatoms. The average molecular weight is 639 g/mol. The van der Waals surface area contributed by atoms with Gasteiger partial charge in [-0.2, -0.15) is 0 Å². The van der Waals surface area contributed by atoms with Gasteiger partial charge in [0.2, 0.25) is 0 Å². The van der Waals surface area contributed by atoms with E-state index in [9.17, 15) is 0 Å². The minimum absolute atomic E-state index is 0.124. The van der Waals surface area contributed by atoms with E-state index < -0.39 is 72.1 Å². The molecule has 0 aliphatic rings. The lowest BCUT2D eigenvalue weighted by atomic mass is 9.91. The van der Waals surface area contributed by atoms with E-state index in [-0.39, 0.29) is 11.4 Å². The first-order valence-electron chi connectivity index (χ1n) is 20.4. The van der Waals surface area contributed by atoms with Crippen LogP contribution in [0.4, 0.5) is 42.9 Å². The molecule has 0 amide bonds. The monoisotopic (exact) mass is 638 g/mol. The van der Waals surface area contributed by atoms with Crippen LogP contribution in [0.1, 0.15) is 36.0 Å². The van der Waals surface area contributed by atoms with E-state index in [0.717, 1.165) is 21.5 Å². The predicted octanol–water partition coefficient (Wildman–Crippen LogP) is 13.0. The van der Waals surface area contributed by atoms with Gasteiger partial charge in [0, 0.05) is 33.5 Å². The fourth-order valence-corrected chi connectivity index (χ4v) is 6.75. The van der Waals surface area contributed by atoms with Gasteiger partial charge < -0.3 is 9.80 Å². The maximum absolute atomic E-state index is 15.1. The number of benzene rings is 8. The van der Waals surface area contributed by atoms with Gasteiger partial charge in [-0.05, 0) is 132 Å². The number of hydrogen-bond acceptors (Lipinski definition) is 2. The van der Waals surface area contributed by atoms with Crippen molar-refractivity contribution in [2.75, 3.05) is 9.80 Å². The molecule has 0 unspecified atom stereocenters. The quantitative estimate of drug-likeness (QED) is 0.167. The van der Waals surface area contributed by atoms with Crippen LogP contribution >= 0.6 is 0 Å². The summed E-state index contributed by atoms with van der Waals surface area (Å²) in [6.07, 6.45) is 0. The van der Waals surface area contributed by atoms with Crippen LogP contribution in [-0.2, 0) is 0 Å². The van der Waals surface area contributed by atoms with Crippen molar-refractivity contribution >= 4 is 66.4 Å². The minimum atomic E-state index is -0.553. The normalized spacial score (nSPS) is 14.5. The van der Waals surface area contributed by atoms with Gasteiger partial charge >= 0.3 is 0 Å². The number of anilines is 6. The molecule has 0 saturated heterocycles. The van der Waals surface area contributed by atoms with Crippen molar-refractivity contribution in [2.45, 2.75) is 27.7 Å². The fourth-order valence-electron chi connectivity index (χ4n) is 6.75. The summed E-state index contributed by atoms with van der Waals surface area (Å²) in [4.78, 5) is 3.13. The summed E-state index contributed by atoms with van der Waals surface area (Å²) in [6, 6.07) is 16.1. The molecule has 0 atom stereocenters. The van der Waals surface area contributed by atoms with Gasteiger partial charge in [0.25, 0.3) is 0 Å². The summed E-state index contributed by atoms with van der Waals surface area (Å²) >= 11 is 0. The molecular formula is C44H34F2N2. The first-order chi connectivity index (χ1) is 27.4. The van der Waals surface area contributed by atoms with E-state index in [0.29, 0.717) is 55.8 Å².